The Hall–Kier alpha value is -2.54. The lowest BCUT2D eigenvalue weighted by atomic mass is 10.2. The second-order valence-electron chi connectivity index (χ2n) is 6.84. The van der Waals surface area contributed by atoms with E-state index in [9.17, 15) is 13.2 Å². The SMILES string of the molecule is CCC[C@H](C)NC(=O)[C@H](C)N(c1ccc(Oc2ccccc2)cc1)S(C)(=O)=O. The summed E-state index contributed by atoms with van der Waals surface area (Å²) in [5.41, 5.74) is 0.411. The van der Waals surface area contributed by atoms with Crippen molar-refractivity contribution in [2.45, 2.75) is 45.7 Å². The molecule has 152 valence electrons. The van der Waals surface area contributed by atoms with Gasteiger partial charge in [0.15, 0.2) is 0 Å². The van der Waals surface area contributed by atoms with E-state index in [1.165, 1.54) is 0 Å². The Labute approximate surface area is 167 Å². The molecule has 0 aliphatic rings. The van der Waals surface area contributed by atoms with E-state index in [4.69, 9.17) is 4.74 Å². The maximum atomic E-state index is 12.6. The Bertz CT molecular complexity index is 867. The third kappa shape index (κ3) is 5.99. The molecule has 2 aromatic rings. The highest BCUT2D eigenvalue weighted by Gasteiger charge is 2.29. The molecule has 1 N–H and O–H groups in total. The van der Waals surface area contributed by atoms with Crippen LogP contribution in [0.3, 0.4) is 0 Å². The van der Waals surface area contributed by atoms with Gasteiger partial charge in [-0.1, -0.05) is 31.5 Å². The molecule has 2 rings (SSSR count). The number of anilines is 1. The molecule has 0 spiro atoms. The monoisotopic (exact) mass is 404 g/mol. The van der Waals surface area contributed by atoms with E-state index in [0.29, 0.717) is 17.2 Å². The number of carbonyl (C=O) groups is 1. The number of ether oxygens (including phenoxy) is 1. The normalized spacial score (nSPS) is 13.4. The van der Waals surface area contributed by atoms with Crippen LogP contribution in [0.15, 0.2) is 54.6 Å². The minimum atomic E-state index is -3.65. The van der Waals surface area contributed by atoms with Gasteiger partial charge in [0, 0.05) is 6.04 Å². The quantitative estimate of drug-likeness (QED) is 0.687. The van der Waals surface area contributed by atoms with Gasteiger partial charge in [0.25, 0.3) is 0 Å². The topological polar surface area (TPSA) is 75.7 Å². The molecule has 0 aliphatic carbocycles. The lowest BCUT2D eigenvalue weighted by Gasteiger charge is -2.29. The number of nitrogens with zero attached hydrogens (tertiary/aromatic N) is 1. The highest BCUT2D eigenvalue weighted by Crippen LogP contribution is 2.27. The van der Waals surface area contributed by atoms with Crippen LogP contribution in [0.4, 0.5) is 5.69 Å². The smallest absolute Gasteiger partial charge is 0.243 e. The van der Waals surface area contributed by atoms with Crippen molar-refractivity contribution in [3.63, 3.8) is 0 Å². The third-order valence-corrected chi connectivity index (χ3v) is 5.51. The molecule has 0 heterocycles. The number of amides is 1. The van der Waals surface area contributed by atoms with Gasteiger partial charge in [0.2, 0.25) is 15.9 Å². The van der Waals surface area contributed by atoms with Crippen LogP contribution < -0.4 is 14.4 Å². The van der Waals surface area contributed by atoms with Crippen molar-refractivity contribution in [1.29, 1.82) is 0 Å². The highest BCUT2D eigenvalue weighted by molar-refractivity contribution is 7.92. The average molecular weight is 405 g/mol. The van der Waals surface area contributed by atoms with Crippen LogP contribution in [-0.4, -0.2) is 32.7 Å². The van der Waals surface area contributed by atoms with Gasteiger partial charge in [0.1, 0.15) is 17.5 Å². The van der Waals surface area contributed by atoms with E-state index in [2.05, 4.69) is 5.32 Å². The first-order valence-corrected chi connectivity index (χ1v) is 11.2. The van der Waals surface area contributed by atoms with E-state index in [1.54, 1.807) is 31.2 Å². The number of sulfonamides is 1. The first kappa shape index (κ1) is 21.8. The molecule has 0 saturated carbocycles. The Morgan fingerprint density at radius 3 is 2.14 bits per heavy atom. The molecule has 28 heavy (non-hydrogen) atoms. The summed E-state index contributed by atoms with van der Waals surface area (Å²) in [6.07, 6.45) is 2.87. The van der Waals surface area contributed by atoms with E-state index < -0.39 is 16.1 Å². The van der Waals surface area contributed by atoms with Crippen LogP contribution in [0.5, 0.6) is 11.5 Å². The molecule has 2 atom stereocenters. The summed E-state index contributed by atoms with van der Waals surface area (Å²) in [5.74, 6) is 0.945. The molecule has 6 nitrogen and oxygen atoms in total. The number of carbonyl (C=O) groups excluding carboxylic acids is 1. The van der Waals surface area contributed by atoms with Gasteiger partial charge in [-0.15, -0.1) is 0 Å². The predicted octanol–water partition coefficient (Wildman–Crippen LogP) is 3.94. The lowest BCUT2D eigenvalue weighted by molar-refractivity contribution is -0.122. The van der Waals surface area contributed by atoms with Crippen LogP contribution >= 0.6 is 0 Å². The van der Waals surface area contributed by atoms with E-state index >= 15 is 0 Å². The zero-order valence-electron chi connectivity index (χ0n) is 16.8. The summed E-state index contributed by atoms with van der Waals surface area (Å²) in [6, 6.07) is 15.1. The number of para-hydroxylation sites is 1. The van der Waals surface area contributed by atoms with Crippen molar-refractivity contribution >= 4 is 21.6 Å². The molecule has 0 aromatic heterocycles. The van der Waals surface area contributed by atoms with Crippen LogP contribution in [0.1, 0.15) is 33.6 Å². The number of benzene rings is 2. The van der Waals surface area contributed by atoms with Gasteiger partial charge < -0.3 is 10.1 Å². The van der Waals surface area contributed by atoms with Gasteiger partial charge >= 0.3 is 0 Å². The molecule has 1 amide bonds. The maximum Gasteiger partial charge on any atom is 0.243 e. The molecule has 0 unspecified atom stereocenters. The van der Waals surface area contributed by atoms with Gasteiger partial charge in [-0.3, -0.25) is 9.10 Å². The first-order chi connectivity index (χ1) is 13.2. The second kappa shape index (κ2) is 9.59. The molecule has 0 aliphatic heterocycles. The minimum absolute atomic E-state index is 0.0111. The van der Waals surface area contributed by atoms with E-state index in [-0.39, 0.29) is 11.9 Å². The third-order valence-electron chi connectivity index (χ3n) is 4.27. The largest absolute Gasteiger partial charge is 0.457 e. The number of nitrogens with one attached hydrogen (secondary N) is 1. The summed E-state index contributed by atoms with van der Waals surface area (Å²) in [4.78, 5) is 12.6. The van der Waals surface area contributed by atoms with Crippen LogP contribution in [-0.2, 0) is 14.8 Å². The average Bonchev–Trinajstić information content (AvgIpc) is 2.63. The molecular weight excluding hydrogens is 376 g/mol. The van der Waals surface area contributed by atoms with Crippen molar-refractivity contribution in [2.75, 3.05) is 10.6 Å². The number of hydrogen-bond donors (Lipinski definition) is 1. The summed E-state index contributed by atoms with van der Waals surface area (Å²) in [6.45, 7) is 5.53. The number of rotatable bonds is 9. The molecule has 7 heteroatoms. The Balaban J connectivity index is 2.20. The van der Waals surface area contributed by atoms with E-state index in [0.717, 1.165) is 23.4 Å². The van der Waals surface area contributed by atoms with Crippen molar-refractivity contribution in [1.82, 2.24) is 5.32 Å². The van der Waals surface area contributed by atoms with Crippen LogP contribution in [0, 0.1) is 0 Å². The van der Waals surface area contributed by atoms with Crippen LogP contribution in [0.25, 0.3) is 0 Å². The Morgan fingerprint density at radius 2 is 1.61 bits per heavy atom. The molecule has 0 radical (unpaired) electrons. The van der Waals surface area contributed by atoms with Gasteiger partial charge in [-0.2, -0.15) is 0 Å². The summed E-state index contributed by atoms with van der Waals surface area (Å²) < 4.78 is 31.6. The van der Waals surface area contributed by atoms with Gasteiger partial charge in [-0.05, 0) is 56.7 Å². The molecule has 0 bridgehead atoms. The fourth-order valence-corrected chi connectivity index (χ4v) is 4.14. The lowest BCUT2D eigenvalue weighted by Crippen LogP contribution is -2.49. The molecular formula is C21H28N2O4S. The first-order valence-electron chi connectivity index (χ1n) is 9.35. The summed E-state index contributed by atoms with van der Waals surface area (Å²) in [7, 11) is -3.65. The molecule has 0 fully saturated rings. The fraction of sp³-hybridized carbons (Fsp3) is 0.381. The number of hydrogen-bond acceptors (Lipinski definition) is 4. The Morgan fingerprint density at radius 1 is 1.04 bits per heavy atom. The van der Waals surface area contributed by atoms with Gasteiger partial charge in [0.05, 0.1) is 11.9 Å². The Kier molecular flexibility index (Phi) is 7.45. The van der Waals surface area contributed by atoms with Crippen molar-refractivity contribution in [3.8, 4) is 11.5 Å². The standard InChI is InChI=1S/C21H28N2O4S/c1-5-9-16(2)22-21(24)17(3)23(28(4,25)26)18-12-14-20(15-13-18)27-19-10-7-6-8-11-19/h6-8,10-17H,5,9H2,1-4H3,(H,22,24)/t16-,17-/m0/s1. The summed E-state index contributed by atoms with van der Waals surface area (Å²) >= 11 is 0. The van der Waals surface area contributed by atoms with Crippen LogP contribution in [0.2, 0.25) is 0 Å². The van der Waals surface area contributed by atoms with E-state index in [1.807, 2.05) is 44.2 Å². The predicted molar refractivity (Wildman–Crippen MR) is 112 cm³/mol. The maximum absolute atomic E-state index is 12.6. The zero-order chi connectivity index (χ0) is 20.7. The minimum Gasteiger partial charge on any atom is -0.457 e. The molecule has 0 saturated heterocycles. The highest BCUT2D eigenvalue weighted by atomic mass is 32.2. The molecule has 2 aromatic carbocycles. The summed E-state index contributed by atoms with van der Waals surface area (Å²) in [5, 5.41) is 2.88. The van der Waals surface area contributed by atoms with Gasteiger partial charge in [-0.25, -0.2) is 8.42 Å². The van der Waals surface area contributed by atoms with Crippen molar-refractivity contribution < 1.29 is 17.9 Å². The van der Waals surface area contributed by atoms with Crippen molar-refractivity contribution in [2.24, 2.45) is 0 Å². The van der Waals surface area contributed by atoms with Crippen molar-refractivity contribution in [3.05, 3.63) is 54.6 Å². The fourth-order valence-electron chi connectivity index (χ4n) is 2.96. The zero-order valence-corrected chi connectivity index (χ0v) is 17.6. The second-order valence-corrected chi connectivity index (χ2v) is 8.70.